The van der Waals surface area contributed by atoms with Crippen molar-refractivity contribution < 1.29 is 19.4 Å². The Morgan fingerprint density at radius 3 is 2.32 bits per heavy atom. The molecule has 1 N–H and O–H groups in total. The predicted octanol–water partition coefficient (Wildman–Crippen LogP) is 3.17. The van der Waals surface area contributed by atoms with Crippen LogP contribution in [0.25, 0.3) is 0 Å². The van der Waals surface area contributed by atoms with E-state index in [2.05, 4.69) is 38.1 Å². The molecule has 0 aliphatic carbocycles. The van der Waals surface area contributed by atoms with E-state index in [0.29, 0.717) is 19.8 Å². The van der Waals surface area contributed by atoms with Gasteiger partial charge in [0, 0.05) is 12.5 Å². The lowest BCUT2D eigenvalue weighted by molar-refractivity contribution is -0.356. The fourth-order valence-corrected chi connectivity index (χ4v) is 4.34. The van der Waals surface area contributed by atoms with E-state index in [1.54, 1.807) is 0 Å². The molecular weight excluding hydrogens is 354 g/mol. The van der Waals surface area contributed by atoms with Crippen LogP contribution in [0.3, 0.4) is 0 Å². The minimum Gasteiger partial charge on any atom is -0.394 e. The molecule has 2 aliphatic heterocycles. The van der Waals surface area contributed by atoms with Gasteiger partial charge in [-0.2, -0.15) is 5.06 Å². The van der Waals surface area contributed by atoms with E-state index in [9.17, 15) is 5.11 Å². The first-order chi connectivity index (χ1) is 13.6. The molecule has 2 fully saturated rings. The summed E-state index contributed by atoms with van der Waals surface area (Å²) < 4.78 is 12.7. The molecular formula is C23H29NO4. The zero-order chi connectivity index (χ0) is 19.6. The van der Waals surface area contributed by atoms with Gasteiger partial charge in [0.05, 0.1) is 37.6 Å². The molecule has 0 saturated carbocycles. The maximum Gasteiger partial charge on any atom is 0.102 e. The highest BCUT2D eigenvalue weighted by Gasteiger charge is 2.55. The van der Waals surface area contributed by atoms with Crippen molar-refractivity contribution in [3.05, 3.63) is 71.8 Å². The maximum atomic E-state index is 10.1. The average Bonchev–Trinajstić information content (AvgIpc) is 2.71. The number of ether oxygens (including phenoxy) is 2. The molecule has 0 radical (unpaired) electrons. The van der Waals surface area contributed by atoms with Crippen molar-refractivity contribution >= 4 is 0 Å². The quantitative estimate of drug-likeness (QED) is 0.830. The number of hydroxylamine groups is 2. The second-order valence-corrected chi connectivity index (χ2v) is 8.16. The zero-order valence-electron chi connectivity index (χ0n) is 16.5. The van der Waals surface area contributed by atoms with Crippen molar-refractivity contribution in [3.8, 4) is 0 Å². The van der Waals surface area contributed by atoms with Gasteiger partial charge in [0.15, 0.2) is 0 Å². The molecule has 150 valence electrons. The molecule has 2 aromatic carbocycles. The molecule has 4 atom stereocenters. The zero-order valence-corrected chi connectivity index (χ0v) is 16.5. The molecule has 2 aromatic rings. The van der Waals surface area contributed by atoms with Crippen molar-refractivity contribution in [1.29, 1.82) is 0 Å². The van der Waals surface area contributed by atoms with E-state index in [1.807, 2.05) is 41.5 Å². The van der Waals surface area contributed by atoms with Crippen LogP contribution < -0.4 is 0 Å². The Labute approximate surface area is 166 Å². The Balaban J connectivity index is 1.58. The Bertz CT molecular complexity index is 752. The van der Waals surface area contributed by atoms with Gasteiger partial charge < -0.3 is 14.6 Å². The van der Waals surface area contributed by atoms with Crippen molar-refractivity contribution in [2.45, 2.75) is 50.8 Å². The third kappa shape index (κ3) is 4.00. The van der Waals surface area contributed by atoms with Crippen LogP contribution >= 0.6 is 0 Å². The van der Waals surface area contributed by atoms with E-state index < -0.39 is 5.60 Å². The van der Waals surface area contributed by atoms with E-state index in [1.165, 1.54) is 0 Å². The monoisotopic (exact) mass is 383 g/mol. The molecule has 28 heavy (non-hydrogen) atoms. The van der Waals surface area contributed by atoms with Crippen LogP contribution in [0.2, 0.25) is 0 Å². The highest BCUT2D eigenvalue weighted by atomic mass is 16.7. The van der Waals surface area contributed by atoms with Gasteiger partial charge >= 0.3 is 0 Å². The summed E-state index contributed by atoms with van der Waals surface area (Å²) in [4.78, 5) is 6.16. The number of aliphatic hydroxyl groups excluding tert-OH is 1. The molecule has 2 bridgehead atoms. The van der Waals surface area contributed by atoms with Gasteiger partial charge in [-0.1, -0.05) is 60.7 Å². The van der Waals surface area contributed by atoms with Gasteiger partial charge in [-0.15, -0.1) is 0 Å². The van der Waals surface area contributed by atoms with Gasteiger partial charge in [0.25, 0.3) is 0 Å². The van der Waals surface area contributed by atoms with Gasteiger partial charge in [-0.3, -0.25) is 4.84 Å². The van der Waals surface area contributed by atoms with Crippen LogP contribution in [0.4, 0.5) is 0 Å². The Morgan fingerprint density at radius 1 is 1.04 bits per heavy atom. The van der Waals surface area contributed by atoms with Gasteiger partial charge in [-0.05, 0) is 25.0 Å². The third-order valence-electron chi connectivity index (χ3n) is 5.86. The van der Waals surface area contributed by atoms with E-state index in [-0.39, 0.29) is 30.8 Å². The summed E-state index contributed by atoms with van der Waals surface area (Å²) in [6.07, 6.45) is -0.449. The van der Waals surface area contributed by atoms with Gasteiger partial charge in [-0.25, -0.2) is 0 Å². The largest absolute Gasteiger partial charge is 0.394 e. The number of fused-ring (bicyclic) bond motifs is 2. The highest BCUT2D eigenvalue weighted by molar-refractivity contribution is 5.16. The summed E-state index contributed by atoms with van der Waals surface area (Å²) in [6.45, 7) is 5.75. The molecule has 4 rings (SSSR count). The Kier molecular flexibility index (Phi) is 5.80. The van der Waals surface area contributed by atoms with Crippen LogP contribution in [0.1, 0.15) is 25.0 Å². The fourth-order valence-electron chi connectivity index (χ4n) is 4.34. The van der Waals surface area contributed by atoms with Crippen molar-refractivity contribution in [2.24, 2.45) is 5.92 Å². The Hall–Kier alpha value is -1.76. The lowest BCUT2D eigenvalue weighted by Crippen LogP contribution is -2.69. The predicted molar refractivity (Wildman–Crippen MR) is 106 cm³/mol. The van der Waals surface area contributed by atoms with Crippen LogP contribution in [-0.2, 0) is 27.5 Å². The van der Waals surface area contributed by atoms with Crippen molar-refractivity contribution in [3.63, 3.8) is 0 Å². The normalized spacial score (nSPS) is 29.5. The number of nitrogens with zero attached hydrogens (tertiary/aromatic N) is 1. The van der Waals surface area contributed by atoms with Crippen LogP contribution in [0, 0.1) is 5.92 Å². The number of benzene rings is 2. The maximum absolute atomic E-state index is 10.1. The summed E-state index contributed by atoms with van der Waals surface area (Å²) in [7, 11) is 0. The SMILES string of the molecule is CC1(C)O[C@H](CO)[C@@H]2[C@H](OCc3ccccc3)[C@@H]1CON2Cc1ccccc1. The molecule has 0 amide bonds. The summed E-state index contributed by atoms with van der Waals surface area (Å²) in [6, 6.07) is 20.2. The summed E-state index contributed by atoms with van der Waals surface area (Å²) in [5, 5.41) is 12.0. The van der Waals surface area contributed by atoms with E-state index in [4.69, 9.17) is 14.3 Å². The number of aliphatic hydroxyl groups is 1. The fraction of sp³-hybridized carbons (Fsp3) is 0.478. The molecule has 5 heteroatoms. The standard InChI is InChI=1S/C23H29NO4/c1-23(2)19-16-27-24(13-17-9-5-3-6-10-17)21(20(14-25)28-23)22(19)26-15-18-11-7-4-8-12-18/h3-12,19-22,25H,13-16H2,1-2H3/t19-,20+,21+,22+/m0/s1. The van der Waals surface area contributed by atoms with Crippen LogP contribution in [0.15, 0.2) is 60.7 Å². The third-order valence-corrected chi connectivity index (χ3v) is 5.86. The first-order valence-corrected chi connectivity index (χ1v) is 9.96. The second-order valence-electron chi connectivity index (χ2n) is 8.16. The van der Waals surface area contributed by atoms with Crippen molar-refractivity contribution in [2.75, 3.05) is 13.2 Å². The van der Waals surface area contributed by atoms with E-state index >= 15 is 0 Å². The molecule has 2 heterocycles. The minimum absolute atomic E-state index is 0.0688. The van der Waals surface area contributed by atoms with Crippen molar-refractivity contribution in [1.82, 2.24) is 5.06 Å². The highest BCUT2D eigenvalue weighted by Crippen LogP contribution is 2.42. The first-order valence-electron chi connectivity index (χ1n) is 9.96. The molecule has 2 aliphatic rings. The lowest BCUT2D eigenvalue weighted by atomic mass is 9.77. The topological polar surface area (TPSA) is 51.2 Å². The summed E-state index contributed by atoms with van der Waals surface area (Å²) >= 11 is 0. The number of rotatable bonds is 6. The minimum atomic E-state index is -0.426. The summed E-state index contributed by atoms with van der Waals surface area (Å²) in [5.41, 5.74) is 1.87. The van der Waals surface area contributed by atoms with Gasteiger partial charge in [0.1, 0.15) is 6.10 Å². The molecule has 0 spiro atoms. The lowest BCUT2D eigenvalue weighted by Gasteiger charge is -2.56. The van der Waals surface area contributed by atoms with Crippen LogP contribution in [0.5, 0.6) is 0 Å². The first kappa shape index (κ1) is 19.6. The molecule has 2 saturated heterocycles. The van der Waals surface area contributed by atoms with Crippen LogP contribution in [-0.4, -0.2) is 47.2 Å². The number of hydrogen-bond donors (Lipinski definition) is 1. The Morgan fingerprint density at radius 2 is 1.68 bits per heavy atom. The molecule has 0 aromatic heterocycles. The van der Waals surface area contributed by atoms with E-state index in [0.717, 1.165) is 11.1 Å². The second kappa shape index (κ2) is 8.31. The molecule has 0 unspecified atom stereocenters. The average molecular weight is 383 g/mol. The number of hydrogen-bond acceptors (Lipinski definition) is 5. The molecule has 5 nitrogen and oxygen atoms in total. The van der Waals surface area contributed by atoms with Gasteiger partial charge in [0.2, 0.25) is 0 Å². The smallest absolute Gasteiger partial charge is 0.102 e. The summed E-state index contributed by atoms with van der Waals surface area (Å²) in [5.74, 6) is 0.0936.